The normalized spacial score (nSPS) is 18.2. The zero-order chi connectivity index (χ0) is 20.4. The fourth-order valence-electron chi connectivity index (χ4n) is 4.03. The highest BCUT2D eigenvalue weighted by molar-refractivity contribution is 5.55. The molecule has 1 aliphatic heterocycles. The number of nitriles is 1. The maximum absolute atomic E-state index is 13.2. The Hall–Kier alpha value is -2.68. The molecule has 0 amide bonds. The molecule has 29 heavy (non-hydrogen) atoms. The van der Waals surface area contributed by atoms with Gasteiger partial charge in [0.05, 0.1) is 23.3 Å². The molecule has 1 saturated heterocycles. The summed E-state index contributed by atoms with van der Waals surface area (Å²) >= 11 is 0. The number of rotatable bonds is 4. The van der Waals surface area contributed by atoms with Crippen LogP contribution in [0, 0.1) is 11.3 Å². The van der Waals surface area contributed by atoms with E-state index in [-0.39, 0.29) is 5.56 Å². The second-order valence-electron chi connectivity index (χ2n) is 7.84. The summed E-state index contributed by atoms with van der Waals surface area (Å²) in [6, 6.07) is 13.9. The Bertz CT molecular complexity index is 890. The lowest BCUT2D eigenvalue weighted by atomic mass is 9.89. The van der Waals surface area contributed by atoms with Crippen molar-refractivity contribution in [2.75, 3.05) is 18.0 Å². The molecule has 2 aromatic rings. The number of benzene rings is 2. The number of anilines is 1. The standard InChI is InChI=1S/C23H23F3N2O/c24-23(25,26)22-14-19(7-4-18(22)15-27)28-12-10-17(11-13-28)16-5-8-21(9-6-16)29-20-2-1-3-20/h4-9,14,17,20H,1-3,10-13H2. The van der Waals surface area contributed by atoms with Crippen LogP contribution < -0.4 is 9.64 Å². The van der Waals surface area contributed by atoms with Crippen LogP contribution in [0.1, 0.15) is 54.7 Å². The van der Waals surface area contributed by atoms with Crippen LogP contribution in [0.3, 0.4) is 0 Å². The molecular weight excluding hydrogens is 377 g/mol. The number of hydrogen-bond acceptors (Lipinski definition) is 3. The van der Waals surface area contributed by atoms with Crippen molar-refractivity contribution in [2.45, 2.75) is 50.3 Å². The SMILES string of the molecule is N#Cc1ccc(N2CCC(c3ccc(OC4CCC4)cc3)CC2)cc1C(F)(F)F. The van der Waals surface area contributed by atoms with Gasteiger partial charge < -0.3 is 9.64 Å². The number of nitrogens with zero attached hydrogens (tertiary/aromatic N) is 2. The van der Waals surface area contributed by atoms with Crippen molar-refractivity contribution in [1.29, 1.82) is 5.26 Å². The first kappa shape index (κ1) is 19.6. The van der Waals surface area contributed by atoms with E-state index in [2.05, 4.69) is 12.1 Å². The third-order valence-electron chi connectivity index (χ3n) is 6.00. The summed E-state index contributed by atoms with van der Waals surface area (Å²) in [6.45, 7) is 1.38. The molecule has 0 radical (unpaired) electrons. The van der Waals surface area contributed by atoms with Crippen LogP contribution in [-0.2, 0) is 6.18 Å². The van der Waals surface area contributed by atoms with Gasteiger partial charge in [-0.05, 0) is 73.9 Å². The first-order valence-electron chi connectivity index (χ1n) is 10.1. The van der Waals surface area contributed by atoms with Gasteiger partial charge in [0.25, 0.3) is 0 Å². The molecule has 2 aromatic carbocycles. The van der Waals surface area contributed by atoms with Crippen molar-refractivity contribution in [3.8, 4) is 11.8 Å². The van der Waals surface area contributed by atoms with Gasteiger partial charge in [-0.25, -0.2) is 0 Å². The molecule has 1 aliphatic carbocycles. The Balaban J connectivity index is 1.40. The van der Waals surface area contributed by atoms with Crippen molar-refractivity contribution in [3.05, 3.63) is 59.2 Å². The van der Waals surface area contributed by atoms with E-state index in [4.69, 9.17) is 10.00 Å². The molecule has 2 aliphatic rings. The summed E-state index contributed by atoms with van der Waals surface area (Å²) in [5, 5.41) is 8.96. The predicted molar refractivity (Wildman–Crippen MR) is 105 cm³/mol. The van der Waals surface area contributed by atoms with Gasteiger partial charge in [0.1, 0.15) is 5.75 Å². The quantitative estimate of drug-likeness (QED) is 0.642. The van der Waals surface area contributed by atoms with Gasteiger partial charge in [0.15, 0.2) is 0 Å². The highest BCUT2D eigenvalue weighted by Crippen LogP contribution is 2.37. The molecule has 0 spiro atoms. The lowest BCUT2D eigenvalue weighted by Gasteiger charge is -2.34. The van der Waals surface area contributed by atoms with Crippen molar-refractivity contribution in [1.82, 2.24) is 0 Å². The molecule has 0 aromatic heterocycles. The summed E-state index contributed by atoms with van der Waals surface area (Å²) in [5.74, 6) is 1.30. The van der Waals surface area contributed by atoms with E-state index in [1.54, 1.807) is 12.1 Å². The summed E-state index contributed by atoms with van der Waals surface area (Å²) in [4.78, 5) is 1.97. The summed E-state index contributed by atoms with van der Waals surface area (Å²) in [6.07, 6.45) is 1.09. The maximum atomic E-state index is 13.2. The second-order valence-corrected chi connectivity index (χ2v) is 7.84. The molecule has 1 heterocycles. The topological polar surface area (TPSA) is 36.3 Å². The van der Waals surface area contributed by atoms with Gasteiger partial charge in [-0.1, -0.05) is 12.1 Å². The monoisotopic (exact) mass is 400 g/mol. The molecule has 2 fully saturated rings. The number of piperidine rings is 1. The van der Waals surface area contributed by atoms with Crippen molar-refractivity contribution in [2.24, 2.45) is 0 Å². The average Bonchev–Trinajstić information content (AvgIpc) is 2.70. The lowest BCUT2D eigenvalue weighted by Crippen LogP contribution is -2.33. The molecule has 6 heteroatoms. The zero-order valence-electron chi connectivity index (χ0n) is 16.1. The van der Waals surface area contributed by atoms with Crippen LogP contribution in [0.5, 0.6) is 5.75 Å². The van der Waals surface area contributed by atoms with Crippen LogP contribution in [0.2, 0.25) is 0 Å². The Morgan fingerprint density at radius 2 is 1.66 bits per heavy atom. The van der Waals surface area contributed by atoms with Gasteiger partial charge in [-0.3, -0.25) is 0 Å². The summed E-state index contributed by atoms with van der Waals surface area (Å²) < 4.78 is 45.6. The minimum Gasteiger partial charge on any atom is -0.490 e. The average molecular weight is 400 g/mol. The smallest absolute Gasteiger partial charge is 0.417 e. The number of alkyl halides is 3. The number of ether oxygens (including phenoxy) is 1. The summed E-state index contributed by atoms with van der Waals surface area (Å²) in [5.41, 5.74) is 0.586. The van der Waals surface area contributed by atoms with Gasteiger partial charge >= 0.3 is 6.18 Å². The highest BCUT2D eigenvalue weighted by atomic mass is 19.4. The maximum Gasteiger partial charge on any atom is 0.417 e. The Morgan fingerprint density at radius 3 is 2.21 bits per heavy atom. The molecule has 3 nitrogen and oxygen atoms in total. The van der Waals surface area contributed by atoms with Crippen molar-refractivity contribution in [3.63, 3.8) is 0 Å². The molecular formula is C23H23F3N2O. The Labute approximate surface area is 168 Å². The number of hydrogen-bond donors (Lipinski definition) is 0. The predicted octanol–water partition coefficient (Wildman–Crippen LogP) is 5.89. The van der Waals surface area contributed by atoms with Gasteiger partial charge in [0, 0.05) is 18.8 Å². The third kappa shape index (κ3) is 4.34. The van der Waals surface area contributed by atoms with E-state index >= 15 is 0 Å². The molecule has 4 rings (SSSR count). The van der Waals surface area contributed by atoms with Gasteiger partial charge in [-0.15, -0.1) is 0 Å². The Morgan fingerprint density at radius 1 is 0.966 bits per heavy atom. The minimum absolute atomic E-state index is 0.333. The zero-order valence-corrected chi connectivity index (χ0v) is 16.1. The minimum atomic E-state index is -4.53. The largest absolute Gasteiger partial charge is 0.490 e. The lowest BCUT2D eigenvalue weighted by molar-refractivity contribution is -0.137. The number of halogens is 3. The molecule has 0 N–H and O–H groups in total. The Kier molecular flexibility index (Phi) is 5.40. The fourth-order valence-corrected chi connectivity index (χ4v) is 4.03. The van der Waals surface area contributed by atoms with E-state index in [1.165, 1.54) is 18.1 Å². The molecule has 1 saturated carbocycles. The second kappa shape index (κ2) is 7.98. The van der Waals surface area contributed by atoms with Gasteiger partial charge in [-0.2, -0.15) is 18.4 Å². The molecule has 0 bridgehead atoms. The highest BCUT2D eigenvalue weighted by Gasteiger charge is 2.34. The van der Waals surface area contributed by atoms with E-state index in [0.29, 0.717) is 30.8 Å². The first-order valence-corrected chi connectivity index (χ1v) is 10.1. The third-order valence-corrected chi connectivity index (χ3v) is 6.00. The first-order chi connectivity index (χ1) is 13.9. The van der Waals surface area contributed by atoms with Crippen LogP contribution in [-0.4, -0.2) is 19.2 Å². The summed E-state index contributed by atoms with van der Waals surface area (Å²) in [7, 11) is 0. The van der Waals surface area contributed by atoms with Crippen molar-refractivity contribution >= 4 is 5.69 Å². The molecule has 0 atom stereocenters. The fraction of sp³-hybridized carbons (Fsp3) is 0.435. The molecule has 152 valence electrons. The van der Waals surface area contributed by atoms with Crippen LogP contribution in [0.15, 0.2) is 42.5 Å². The van der Waals surface area contributed by atoms with E-state index in [1.807, 2.05) is 17.0 Å². The van der Waals surface area contributed by atoms with E-state index < -0.39 is 11.7 Å². The van der Waals surface area contributed by atoms with E-state index in [9.17, 15) is 13.2 Å². The van der Waals surface area contributed by atoms with E-state index in [0.717, 1.165) is 37.5 Å². The van der Waals surface area contributed by atoms with Crippen LogP contribution >= 0.6 is 0 Å². The van der Waals surface area contributed by atoms with Crippen molar-refractivity contribution < 1.29 is 17.9 Å². The van der Waals surface area contributed by atoms with Gasteiger partial charge in [0.2, 0.25) is 0 Å². The van der Waals surface area contributed by atoms with Crippen LogP contribution in [0.25, 0.3) is 0 Å². The van der Waals surface area contributed by atoms with Crippen LogP contribution in [0.4, 0.5) is 18.9 Å². The molecule has 0 unspecified atom stereocenters.